The monoisotopic (exact) mass is 244 g/mol. The van der Waals surface area contributed by atoms with Gasteiger partial charge >= 0.3 is 0 Å². The number of nitrogens with zero attached hydrogens (tertiary/aromatic N) is 3. The van der Waals surface area contributed by atoms with Gasteiger partial charge in [0.15, 0.2) is 5.82 Å². The van der Waals surface area contributed by atoms with Gasteiger partial charge in [-0.1, -0.05) is 27.2 Å². The van der Waals surface area contributed by atoms with Crippen molar-refractivity contribution in [3.63, 3.8) is 0 Å². The van der Waals surface area contributed by atoms with Crippen molar-refractivity contribution >= 4 is 5.82 Å². The normalized spacial score (nSPS) is 21.4. The lowest BCUT2D eigenvalue weighted by molar-refractivity contribution is 0.769. The Labute approximate surface area is 108 Å². The Bertz CT molecular complexity index is 475. The van der Waals surface area contributed by atoms with Gasteiger partial charge in [-0.25, -0.2) is 0 Å². The third-order valence-corrected chi connectivity index (χ3v) is 3.73. The van der Waals surface area contributed by atoms with Gasteiger partial charge in [0.1, 0.15) is 11.6 Å². The van der Waals surface area contributed by atoms with Gasteiger partial charge in [0.2, 0.25) is 0 Å². The van der Waals surface area contributed by atoms with Crippen molar-refractivity contribution in [2.75, 3.05) is 5.32 Å². The van der Waals surface area contributed by atoms with E-state index >= 15 is 0 Å². The summed E-state index contributed by atoms with van der Waals surface area (Å²) >= 11 is 0. The molecule has 18 heavy (non-hydrogen) atoms. The van der Waals surface area contributed by atoms with Crippen LogP contribution in [-0.2, 0) is 12.8 Å². The van der Waals surface area contributed by atoms with Gasteiger partial charge in [-0.2, -0.15) is 10.4 Å². The Balaban J connectivity index is 2.28. The highest BCUT2D eigenvalue weighted by Crippen LogP contribution is 2.36. The van der Waals surface area contributed by atoms with Crippen molar-refractivity contribution in [1.29, 1.82) is 5.26 Å². The maximum atomic E-state index is 9.35. The molecule has 2 rings (SSSR count). The van der Waals surface area contributed by atoms with E-state index in [1.54, 1.807) is 0 Å². The summed E-state index contributed by atoms with van der Waals surface area (Å²) in [5.41, 5.74) is 2.68. The van der Waals surface area contributed by atoms with E-state index in [9.17, 15) is 5.26 Å². The average Bonchev–Trinajstić information content (AvgIpc) is 3.16. The topological polar surface area (TPSA) is 61.6 Å². The second-order valence-corrected chi connectivity index (χ2v) is 4.82. The molecule has 2 atom stereocenters. The minimum atomic E-state index is 0.480. The Hall–Kier alpha value is -1.63. The Morgan fingerprint density at radius 2 is 2.06 bits per heavy atom. The molecule has 1 N–H and O–H groups in total. The fourth-order valence-corrected chi connectivity index (χ4v) is 2.45. The number of anilines is 1. The minimum Gasteiger partial charge on any atom is -0.364 e. The van der Waals surface area contributed by atoms with Crippen LogP contribution in [0, 0.1) is 17.2 Å². The first-order valence-electron chi connectivity index (χ1n) is 6.80. The van der Waals surface area contributed by atoms with Crippen LogP contribution in [0.1, 0.15) is 50.4 Å². The van der Waals surface area contributed by atoms with E-state index in [1.807, 2.05) is 6.92 Å². The van der Waals surface area contributed by atoms with E-state index in [2.05, 4.69) is 35.4 Å². The molecule has 0 bridgehead atoms. The van der Waals surface area contributed by atoms with Crippen LogP contribution in [0.3, 0.4) is 0 Å². The van der Waals surface area contributed by atoms with Crippen LogP contribution < -0.4 is 5.32 Å². The SMILES string of the molecule is CCc1nnc(NC2CC2CC)c(C#N)c1CC. The molecule has 2 unspecified atom stereocenters. The van der Waals surface area contributed by atoms with Gasteiger partial charge in [0.25, 0.3) is 0 Å². The average molecular weight is 244 g/mol. The highest BCUT2D eigenvalue weighted by atomic mass is 15.2. The maximum Gasteiger partial charge on any atom is 0.167 e. The lowest BCUT2D eigenvalue weighted by Gasteiger charge is -2.11. The molecule has 4 nitrogen and oxygen atoms in total. The van der Waals surface area contributed by atoms with Gasteiger partial charge in [-0.15, -0.1) is 5.10 Å². The standard InChI is InChI=1S/C14H20N4/c1-4-9-7-13(9)16-14-11(8-15)10(5-2)12(6-3)17-18-14/h9,13H,4-7H2,1-3H3,(H,16,18). The molecule has 1 saturated carbocycles. The van der Waals surface area contributed by atoms with Crippen molar-refractivity contribution in [2.24, 2.45) is 5.92 Å². The number of aryl methyl sites for hydroxylation is 1. The summed E-state index contributed by atoms with van der Waals surface area (Å²) in [6.45, 7) is 6.30. The highest BCUT2D eigenvalue weighted by Gasteiger charge is 2.36. The molecule has 96 valence electrons. The fourth-order valence-electron chi connectivity index (χ4n) is 2.45. The van der Waals surface area contributed by atoms with Crippen LogP contribution in [0.15, 0.2) is 0 Å². The third-order valence-electron chi connectivity index (χ3n) is 3.73. The van der Waals surface area contributed by atoms with Crippen molar-refractivity contribution in [3.05, 3.63) is 16.8 Å². The van der Waals surface area contributed by atoms with Gasteiger partial charge in [-0.05, 0) is 30.7 Å². The summed E-state index contributed by atoms with van der Waals surface area (Å²) in [6.07, 6.45) is 4.02. The zero-order valence-electron chi connectivity index (χ0n) is 11.3. The molecule has 1 aromatic heterocycles. The molecule has 4 heteroatoms. The number of aromatic nitrogens is 2. The third kappa shape index (κ3) is 2.31. The quantitative estimate of drug-likeness (QED) is 0.865. The number of nitrogens with one attached hydrogen (secondary N) is 1. The van der Waals surface area contributed by atoms with E-state index < -0.39 is 0 Å². The lowest BCUT2D eigenvalue weighted by atomic mass is 10.0. The van der Waals surface area contributed by atoms with Crippen LogP contribution in [-0.4, -0.2) is 16.2 Å². The van der Waals surface area contributed by atoms with E-state index in [-0.39, 0.29) is 0 Å². The Kier molecular flexibility index (Phi) is 3.81. The van der Waals surface area contributed by atoms with E-state index in [4.69, 9.17) is 0 Å². The molecular weight excluding hydrogens is 224 g/mol. The van der Waals surface area contributed by atoms with Crippen LogP contribution in [0.5, 0.6) is 0 Å². The Morgan fingerprint density at radius 1 is 1.28 bits per heavy atom. The largest absolute Gasteiger partial charge is 0.364 e. The van der Waals surface area contributed by atoms with E-state index in [0.29, 0.717) is 17.4 Å². The van der Waals surface area contributed by atoms with Crippen molar-refractivity contribution in [2.45, 2.75) is 52.5 Å². The van der Waals surface area contributed by atoms with E-state index in [1.165, 1.54) is 12.8 Å². The summed E-state index contributed by atoms with van der Waals surface area (Å²) in [7, 11) is 0. The molecule has 1 aromatic rings. The first kappa shape index (κ1) is 12.8. The van der Waals surface area contributed by atoms with Crippen molar-refractivity contribution in [1.82, 2.24) is 10.2 Å². The maximum absolute atomic E-state index is 9.35. The zero-order chi connectivity index (χ0) is 13.1. The minimum absolute atomic E-state index is 0.480. The first-order chi connectivity index (χ1) is 8.74. The lowest BCUT2D eigenvalue weighted by Crippen LogP contribution is -2.12. The van der Waals surface area contributed by atoms with Gasteiger partial charge in [0, 0.05) is 6.04 Å². The molecule has 0 radical (unpaired) electrons. The molecule has 1 fully saturated rings. The summed E-state index contributed by atoms with van der Waals surface area (Å²) < 4.78 is 0. The zero-order valence-corrected chi connectivity index (χ0v) is 11.3. The van der Waals surface area contributed by atoms with Crippen molar-refractivity contribution < 1.29 is 0 Å². The second kappa shape index (κ2) is 5.34. The van der Waals surface area contributed by atoms with Gasteiger partial charge in [0.05, 0.1) is 5.69 Å². The van der Waals surface area contributed by atoms with Crippen LogP contribution in [0.25, 0.3) is 0 Å². The molecule has 0 spiro atoms. The molecule has 0 amide bonds. The molecule has 0 aromatic carbocycles. The van der Waals surface area contributed by atoms with Crippen LogP contribution >= 0.6 is 0 Å². The van der Waals surface area contributed by atoms with Crippen molar-refractivity contribution in [3.8, 4) is 6.07 Å². The molecule has 0 aliphatic heterocycles. The highest BCUT2D eigenvalue weighted by molar-refractivity contribution is 5.57. The smallest absolute Gasteiger partial charge is 0.167 e. The summed E-state index contributed by atoms with van der Waals surface area (Å²) in [4.78, 5) is 0. The number of nitriles is 1. The summed E-state index contributed by atoms with van der Waals surface area (Å²) in [5.74, 6) is 1.40. The number of hydrogen-bond donors (Lipinski definition) is 1. The Morgan fingerprint density at radius 3 is 2.56 bits per heavy atom. The van der Waals surface area contributed by atoms with Gasteiger partial charge in [-0.3, -0.25) is 0 Å². The molecular formula is C14H20N4. The summed E-state index contributed by atoms with van der Waals surface area (Å²) in [5, 5.41) is 21.2. The predicted octanol–water partition coefficient (Wildman–Crippen LogP) is 2.68. The predicted molar refractivity (Wildman–Crippen MR) is 71.3 cm³/mol. The molecule has 1 heterocycles. The molecule has 0 saturated heterocycles. The summed E-state index contributed by atoms with van der Waals surface area (Å²) in [6, 6.07) is 2.77. The van der Waals surface area contributed by atoms with E-state index in [0.717, 1.165) is 30.0 Å². The number of hydrogen-bond acceptors (Lipinski definition) is 4. The molecule has 1 aliphatic rings. The first-order valence-corrected chi connectivity index (χ1v) is 6.80. The molecule has 1 aliphatic carbocycles. The van der Waals surface area contributed by atoms with Crippen LogP contribution in [0.4, 0.5) is 5.82 Å². The van der Waals surface area contributed by atoms with Crippen LogP contribution in [0.2, 0.25) is 0 Å². The fraction of sp³-hybridized carbons (Fsp3) is 0.643. The van der Waals surface area contributed by atoms with Gasteiger partial charge < -0.3 is 5.32 Å². The number of rotatable bonds is 5. The second-order valence-electron chi connectivity index (χ2n) is 4.82.